The number of benzene rings is 1. The van der Waals surface area contributed by atoms with Crippen LogP contribution >= 0.6 is 0 Å². The molecule has 1 aromatic carbocycles. The summed E-state index contributed by atoms with van der Waals surface area (Å²) < 4.78 is 5.48. The molecule has 0 saturated carbocycles. The van der Waals surface area contributed by atoms with Gasteiger partial charge in [0.1, 0.15) is 53.9 Å². The van der Waals surface area contributed by atoms with Crippen LogP contribution in [-0.2, 0) is 62.3 Å². The van der Waals surface area contributed by atoms with Crippen LogP contribution in [-0.4, -0.2) is 202 Å². The molecule has 12 amide bonds. The fraction of sp³-hybridized carbons (Fsp3) is 0.692. The van der Waals surface area contributed by atoms with Gasteiger partial charge in [0.2, 0.25) is 65.0 Å². The molecule has 2 rings (SSSR count). The summed E-state index contributed by atoms with van der Waals surface area (Å²) in [4.78, 5) is 190. The molecule has 1 aromatic rings. The van der Waals surface area contributed by atoms with E-state index in [1.807, 2.05) is 26.1 Å². The third-order valence-electron chi connectivity index (χ3n) is 15.5. The maximum Gasteiger partial charge on any atom is 0.408 e. The van der Waals surface area contributed by atoms with E-state index in [0.717, 1.165) is 0 Å². The van der Waals surface area contributed by atoms with Gasteiger partial charge in [0.15, 0.2) is 17.8 Å². The van der Waals surface area contributed by atoms with Crippen LogP contribution in [0, 0.1) is 34.5 Å². The molecule has 1 aliphatic heterocycles. The molecule has 98 heavy (non-hydrogen) atoms. The zero-order chi connectivity index (χ0) is 74.9. The van der Waals surface area contributed by atoms with E-state index in [-0.39, 0.29) is 56.6 Å². The number of alkyl carbamates (subject to hydrolysis) is 1. The molecule has 1 fully saturated rings. The Balaban J connectivity index is 3.20. The Morgan fingerprint density at radius 3 is 1.62 bits per heavy atom. The highest BCUT2D eigenvalue weighted by Crippen LogP contribution is 2.30. The minimum Gasteiger partial charge on any atom is -0.444 e. The molecule has 0 radical (unpaired) electrons. The van der Waals surface area contributed by atoms with Crippen LogP contribution in [0.1, 0.15) is 160 Å². The summed E-state index contributed by atoms with van der Waals surface area (Å²) in [6.07, 6.45) is -6.41. The van der Waals surface area contributed by atoms with E-state index in [4.69, 9.17) is 21.9 Å². The zero-order valence-electron chi connectivity index (χ0n) is 59.1. The third-order valence-corrected chi connectivity index (χ3v) is 15.5. The van der Waals surface area contributed by atoms with Gasteiger partial charge in [-0.1, -0.05) is 120 Å². The monoisotopic (exact) mass is 1390 g/mol. The predicted octanol–water partition coefficient (Wildman–Crippen LogP) is -2.81. The molecular weight excluding hydrogens is 1280 g/mol. The number of carbonyl (C=O) groups is 13. The van der Waals surface area contributed by atoms with Gasteiger partial charge in [-0.15, -0.1) is 0 Å². The van der Waals surface area contributed by atoms with Crippen LogP contribution in [0.2, 0.25) is 0 Å². The van der Waals surface area contributed by atoms with E-state index < -0.39 is 216 Å². The van der Waals surface area contributed by atoms with Crippen LogP contribution in [0.25, 0.3) is 0 Å². The van der Waals surface area contributed by atoms with Gasteiger partial charge in [0, 0.05) is 13.0 Å². The maximum atomic E-state index is 15.7. The van der Waals surface area contributed by atoms with Crippen LogP contribution in [0.4, 0.5) is 4.79 Å². The summed E-state index contributed by atoms with van der Waals surface area (Å²) in [5.74, 6) is -18.2. The lowest BCUT2D eigenvalue weighted by atomic mass is 9.81. The second-order valence-electron chi connectivity index (χ2n) is 28.9. The Morgan fingerprint density at radius 1 is 0.612 bits per heavy atom. The van der Waals surface area contributed by atoms with E-state index in [0.29, 0.717) is 0 Å². The largest absolute Gasteiger partial charge is 0.444 e. The maximum absolute atomic E-state index is 15.7. The van der Waals surface area contributed by atoms with Crippen LogP contribution in [0.5, 0.6) is 0 Å². The molecule has 0 bridgehead atoms. The van der Waals surface area contributed by atoms with Gasteiger partial charge >= 0.3 is 6.09 Å². The first kappa shape index (κ1) is 85.5. The molecule has 33 heteroatoms. The quantitative estimate of drug-likeness (QED) is 0.0299. The molecule has 0 aliphatic carbocycles. The van der Waals surface area contributed by atoms with Gasteiger partial charge < -0.3 is 101 Å². The number of guanidine groups is 1. The van der Waals surface area contributed by atoms with E-state index in [2.05, 4.69) is 58.2 Å². The van der Waals surface area contributed by atoms with E-state index >= 15 is 14.4 Å². The van der Waals surface area contributed by atoms with Crippen LogP contribution < -0.4 is 75.7 Å². The Hall–Kier alpha value is -8.56. The Bertz CT molecular complexity index is 2940. The number of nitrogens with two attached hydrogens (primary N) is 3. The van der Waals surface area contributed by atoms with E-state index in [1.54, 1.807) is 75.3 Å². The molecule has 1 heterocycles. The average Bonchev–Trinajstić information content (AvgIpc) is 0.812. The summed E-state index contributed by atoms with van der Waals surface area (Å²) in [6, 6.07) is -10.1. The molecule has 21 N–H and O–H groups in total. The molecule has 0 aromatic heterocycles. The molecule has 14 atom stereocenters. The number of aliphatic hydroxyl groups excluding tert-OH is 4. The summed E-state index contributed by atoms with van der Waals surface area (Å²) in [7, 11) is 0. The van der Waals surface area contributed by atoms with Gasteiger partial charge in [0.25, 0.3) is 0 Å². The van der Waals surface area contributed by atoms with Crippen molar-refractivity contribution in [1.82, 2.24) is 58.5 Å². The van der Waals surface area contributed by atoms with Crippen molar-refractivity contribution in [2.45, 2.75) is 227 Å². The summed E-state index contributed by atoms with van der Waals surface area (Å²) >= 11 is 0. The van der Waals surface area contributed by atoms with Gasteiger partial charge in [-0.05, 0) is 87.0 Å². The summed E-state index contributed by atoms with van der Waals surface area (Å²) in [5.41, 5.74) is 14.2. The minimum absolute atomic E-state index is 0.0274. The van der Waals surface area contributed by atoms with Crippen molar-refractivity contribution in [1.29, 1.82) is 0 Å². The van der Waals surface area contributed by atoms with Crippen molar-refractivity contribution in [3.05, 3.63) is 35.9 Å². The first-order valence-electron chi connectivity index (χ1n) is 32.8. The lowest BCUT2D eigenvalue weighted by Gasteiger charge is -2.34. The third kappa shape index (κ3) is 29.7. The van der Waals surface area contributed by atoms with Crippen molar-refractivity contribution in [2.24, 2.45) is 56.7 Å². The molecule has 1 saturated heterocycles. The first-order valence-corrected chi connectivity index (χ1v) is 32.8. The van der Waals surface area contributed by atoms with Gasteiger partial charge in [-0.2, -0.15) is 0 Å². The highest BCUT2D eigenvalue weighted by atomic mass is 16.6. The average molecular weight is 1390 g/mol. The molecule has 1 unspecified atom stereocenters. The molecule has 33 nitrogen and oxygen atoms in total. The van der Waals surface area contributed by atoms with E-state index in [9.17, 15) is 68.4 Å². The van der Waals surface area contributed by atoms with Crippen molar-refractivity contribution in [3.63, 3.8) is 0 Å². The van der Waals surface area contributed by atoms with Crippen molar-refractivity contribution in [2.75, 3.05) is 26.3 Å². The van der Waals surface area contributed by atoms with Crippen LogP contribution in [0.15, 0.2) is 35.3 Å². The fourth-order valence-electron chi connectivity index (χ4n) is 10.2. The molecule has 552 valence electrons. The number of carbonyl (C=O) groups excluding carboxylic acids is 13. The lowest BCUT2D eigenvalue weighted by Crippen LogP contribution is -2.63. The summed E-state index contributed by atoms with van der Waals surface area (Å²) in [5, 5.41) is 71.0. The van der Waals surface area contributed by atoms with Crippen molar-refractivity contribution in [3.8, 4) is 0 Å². The highest BCUT2D eigenvalue weighted by Gasteiger charge is 2.44. The Labute approximate surface area is 572 Å². The number of ether oxygens (including phenoxy) is 1. The lowest BCUT2D eigenvalue weighted by molar-refractivity contribution is -0.140. The Kier molecular flexibility index (Phi) is 34.2. The topological polar surface area (TPSA) is 535 Å². The van der Waals surface area contributed by atoms with E-state index in [1.165, 1.54) is 38.1 Å². The van der Waals surface area contributed by atoms with Gasteiger partial charge in [0.05, 0.1) is 43.9 Å². The highest BCUT2D eigenvalue weighted by molar-refractivity contribution is 6.00. The minimum atomic E-state index is -2.57. The number of aliphatic imine (C=N–C) groups is 1. The molecule has 1 aliphatic rings. The Morgan fingerprint density at radius 2 is 1.11 bits per heavy atom. The number of aliphatic hydroxyl groups is 4. The molecular formula is C65H109N15O18. The van der Waals surface area contributed by atoms with Crippen molar-refractivity contribution >= 4 is 82.8 Å². The normalized spacial score (nSPS) is 23.7. The van der Waals surface area contributed by atoms with Crippen LogP contribution in [0.3, 0.4) is 0 Å². The second-order valence-corrected chi connectivity index (χ2v) is 28.9. The number of nitrogens with zero attached hydrogens (tertiary/aromatic N) is 1. The van der Waals surface area contributed by atoms with Crippen molar-refractivity contribution < 1.29 is 87.5 Å². The smallest absolute Gasteiger partial charge is 0.408 e. The SMILES string of the molecule is CC[C@H](C)[C@@H]1NC(=O)[C@@H](CCCN=C(N)N)NC(=O)[C@H](CC(C)C)NC(=O)[C@H]([C@H](O)C(C)C)NC(=O)[C@@H](CC(=O)[C@H](CC(C)(C)C)NC(=O)[C@@H](CC(C)(C)C)NC(=O)OC(C)(C)C)[C@@H](c2ccccc2)NC(=O)[C@H](CO)NC(=O)C([C@H](O)C(N)=O)NC(=O)CNC(=O)[C@H](CO)NC1=O. The summed E-state index contributed by atoms with van der Waals surface area (Å²) in [6.45, 7) is 21.7. The predicted molar refractivity (Wildman–Crippen MR) is 359 cm³/mol. The van der Waals surface area contributed by atoms with Gasteiger partial charge in [-0.25, -0.2) is 4.79 Å². The number of hydrogen-bond acceptors (Lipinski definition) is 19. The number of primary amides is 1. The number of ketones is 1. The van der Waals surface area contributed by atoms with Gasteiger partial charge in [-0.3, -0.25) is 62.5 Å². The standard InChI is InChI=1S/C65H109N15O18/c1-16-34(6)45-58(94)74-41(30-81)53(89)70-29-44(84)77-48(50(86)51(66)87)60(96)75-42(31-82)57(93)79-46(35-21-18-17-19-22-35)36(26-43(83)39(27-63(7,8)9)73-56(92)40(28-64(10,11)12)76-62(97)98-65(13,14)15)52(88)80-47(49(85)33(4)5)59(95)72-38(25-32(2)3)55(91)71-37(54(90)78-45)23-20-24-69-61(67)68/h17-19,21-22,32-34,36-42,45-50,81-82,85-86H,16,20,23-31H2,1-15H3,(H2,66,87)(H,70,89)(H,71,91)(H,72,95)(H,73,92)(H,74,94)(H,75,96)(H,76,97)(H,77,84)(H,78,90)(H,79,93)(H,80,88)(H4,67,68,69)/t34-,36-,37+,38-,39-,40+,41-,42-,45-,46+,47-,48?,49+,50-/m0/s1. The number of rotatable bonds is 23. The number of hydrogen-bond donors (Lipinski definition) is 18. The number of amides is 12. The second kappa shape index (κ2) is 39.1. The number of Topliss-reactive ketones (excluding diaryl/α,β-unsaturated/α-hetero) is 1. The zero-order valence-corrected chi connectivity index (χ0v) is 59.1. The fourth-order valence-corrected chi connectivity index (χ4v) is 10.2. The first-order chi connectivity index (χ1) is 45.3. The number of nitrogens with one attached hydrogen (secondary N) is 11. The molecule has 0 spiro atoms.